The van der Waals surface area contributed by atoms with Gasteiger partial charge in [0, 0.05) is 34.7 Å². The van der Waals surface area contributed by atoms with E-state index in [2.05, 4.69) is 76.4 Å². The molecule has 4 nitrogen and oxygen atoms in total. The van der Waals surface area contributed by atoms with Gasteiger partial charge in [-0.1, -0.05) is 84.6 Å². The van der Waals surface area contributed by atoms with Gasteiger partial charge in [-0.05, 0) is 80.8 Å². The topological polar surface area (TPSA) is 65.2 Å². The van der Waals surface area contributed by atoms with Crippen molar-refractivity contribution in [3.63, 3.8) is 0 Å². The van der Waals surface area contributed by atoms with E-state index in [9.17, 15) is 10.2 Å². The van der Waals surface area contributed by atoms with Gasteiger partial charge in [0.2, 0.25) is 0 Å². The number of phenols is 2. The Labute approximate surface area is 242 Å². The van der Waals surface area contributed by atoms with Gasteiger partial charge in [0.05, 0.1) is 11.4 Å². The molecular formula is C38H24N2O2. The Morgan fingerprint density at radius 1 is 0.500 bits per heavy atom. The van der Waals surface area contributed by atoms with E-state index in [4.69, 9.17) is 0 Å². The molecule has 0 aliphatic heterocycles. The van der Waals surface area contributed by atoms with Crippen LogP contribution in [0, 0.1) is 11.8 Å². The summed E-state index contributed by atoms with van der Waals surface area (Å²) in [5.41, 5.74) is 4.14. The Hall–Kier alpha value is -5.92. The molecule has 0 radical (unpaired) electrons. The fraction of sp³-hybridized carbons (Fsp3) is 0. The van der Waals surface area contributed by atoms with E-state index >= 15 is 0 Å². The standard InChI is InChI=1S/C38H24N2O2/c41-35-10-3-1-6-30(35)23-39-33-21-13-25(22-34(33)40-24-31-7-2-4-11-36(31)42)12-14-26-15-16-29-18-17-27-8-5-9-28-19-20-32(26)38(29)37(27)28/h1-11,13,15-24,41-42H. The molecule has 0 amide bonds. The molecule has 0 spiro atoms. The number of hydrogen-bond donors (Lipinski definition) is 2. The molecule has 0 heterocycles. The zero-order valence-electron chi connectivity index (χ0n) is 22.5. The van der Waals surface area contributed by atoms with Crippen molar-refractivity contribution in [3.05, 3.63) is 144 Å². The molecule has 7 aromatic rings. The van der Waals surface area contributed by atoms with Crippen LogP contribution in [0.15, 0.2) is 131 Å². The largest absolute Gasteiger partial charge is 0.507 e. The van der Waals surface area contributed by atoms with Crippen LogP contribution < -0.4 is 0 Å². The lowest BCUT2D eigenvalue weighted by molar-refractivity contribution is 0.474. The zero-order chi connectivity index (χ0) is 28.5. The first-order valence-electron chi connectivity index (χ1n) is 13.6. The van der Waals surface area contributed by atoms with Crippen LogP contribution in [0.3, 0.4) is 0 Å². The number of nitrogens with zero attached hydrogens (tertiary/aromatic N) is 2. The molecule has 4 heteroatoms. The highest BCUT2D eigenvalue weighted by atomic mass is 16.3. The highest BCUT2D eigenvalue weighted by Crippen LogP contribution is 2.36. The Morgan fingerprint density at radius 3 is 1.79 bits per heavy atom. The zero-order valence-corrected chi connectivity index (χ0v) is 22.5. The van der Waals surface area contributed by atoms with Crippen molar-refractivity contribution >= 4 is 56.1 Å². The third kappa shape index (κ3) is 4.70. The Kier molecular flexibility index (Phi) is 6.31. The SMILES string of the molecule is Oc1ccccc1C=Nc1ccc(C#Cc2ccc3ccc4cccc5ccc2c3c45)cc1N=Cc1ccccc1O. The van der Waals surface area contributed by atoms with Gasteiger partial charge in [-0.3, -0.25) is 9.98 Å². The highest BCUT2D eigenvalue weighted by molar-refractivity contribution is 6.23. The van der Waals surface area contributed by atoms with Gasteiger partial charge in [0.15, 0.2) is 0 Å². The Morgan fingerprint density at radius 2 is 1.10 bits per heavy atom. The molecule has 0 saturated heterocycles. The first-order valence-corrected chi connectivity index (χ1v) is 13.6. The average Bonchev–Trinajstić information content (AvgIpc) is 3.02. The summed E-state index contributed by atoms with van der Waals surface area (Å²) in [7, 11) is 0. The van der Waals surface area contributed by atoms with E-state index in [1.807, 2.05) is 30.3 Å². The van der Waals surface area contributed by atoms with Gasteiger partial charge in [-0.2, -0.15) is 0 Å². The molecular weight excluding hydrogens is 516 g/mol. The minimum atomic E-state index is 0.144. The first-order chi connectivity index (χ1) is 20.6. The molecule has 0 aliphatic carbocycles. The lowest BCUT2D eigenvalue weighted by atomic mass is 9.92. The number of rotatable bonds is 4. The second-order valence-electron chi connectivity index (χ2n) is 10.1. The summed E-state index contributed by atoms with van der Waals surface area (Å²) in [6.45, 7) is 0. The fourth-order valence-electron chi connectivity index (χ4n) is 5.27. The van der Waals surface area contributed by atoms with Crippen LogP contribution in [0.25, 0.3) is 32.3 Å². The highest BCUT2D eigenvalue weighted by Gasteiger charge is 2.10. The van der Waals surface area contributed by atoms with Crippen LogP contribution in [0.2, 0.25) is 0 Å². The van der Waals surface area contributed by atoms with Gasteiger partial charge in [0.1, 0.15) is 11.5 Å². The van der Waals surface area contributed by atoms with Gasteiger partial charge in [0.25, 0.3) is 0 Å². The molecule has 2 N–H and O–H groups in total. The van der Waals surface area contributed by atoms with Crippen molar-refractivity contribution in [3.8, 4) is 23.3 Å². The minimum Gasteiger partial charge on any atom is -0.507 e. The molecule has 42 heavy (non-hydrogen) atoms. The molecule has 0 bridgehead atoms. The fourth-order valence-corrected chi connectivity index (χ4v) is 5.27. The maximum absolute atomic E-state index is 10.2. The number of benzene rings is 7. The minimum absolute atomic E-state index is 0.144. The van der Waals surface area contributed by atoms with E-state index in [-0.39, 0.29) is 11.5 Å². The van der Waals surface area contributed by atoms with Gasteiger partial charge in [-0.15, -0.1) is 0 Å². The Balaban J connectivity index is 1.30. The van der Waals surface area contributed by atoms with Gasteiger partial charge in [-0.25, -0.2) is 0 Å². The number of para-hydroxylation sites is 2. The van der Waals surface area contributed by atoms with Gasteiger partial charge >= 0.3 is 0 Å². The van der Waals surface area contributed by atoms with Crippen molar-refractivity contribution in [2.75, 3.05) is 0 Å². The van der Waals surface area contributed by atoms with E-state index in [1.165, 1.54) is 26.9 Å². The molecule has 0 unspecified atom stereocenters. The molecule has 0 saturated carbocycles. The number of hydrogen-bond acceptors (Lipinski definition) is 4. The molecule has 0 fully saturated rings. The second kappa shape index (κ2) is 10.6. The van der Waals surface area contributed by atoms with Crippen molar-refractivity contribution in [2.24, 2.45) is 9.98 Å². The van der Waals surface area contributed by atoms with E-state index in [0.717, 1.165) is 16.5 Å². The molecule has 0 aliphatic rings. The van der Waals surface area contributed by atoms with E-state index in [0.29, 0.717) is 22.5 Å². The quantitative estimate of drug-likeness (QED) is 0.133. The molecule has 0 atom stereocenters. The van der Waals surface area contributed by atoms with Crippen LogP contribution >= 0.6 is 0 Å². The predicted octanol–water partition coefficient (Wildman–Crippen LogP) is 8.90. The molecule has 7 aromatic carbocycles. The molecule has 198 valence electrons. The molecule has 0 aromatic heterocycles. The predicted molar refractivity (Wildman–Crippen MR) is 173 cm³/mol. The maximum Gasteiger partial charge on any atom is 0.124 e. The summed E-state index contributed by atoms with van der Waals surface area (Å²) >= 11 is 0. The number of aromatic hydroxyl groups is 2. The smallest absolute Gasteiger partial charge is 0.124 e. The number of aliphatic imine (C=N–C) groups is 2. The normalized spacial score (nSPS) is 11.6. The summed E-state index contributed by atoms with van der Waals surface area (Å²) in [6.07, 6.45) is 3.22. The van der Waals surface area contributed by atoms with Crippen molar-refractivity contribution < 1.29 is 10.2 Å². The average molecular weight is 541 g/mol. The summed E-state index contributed by atoms with van der Waals surface area (Å²) < 4.78 is 0. The lowest BCUT2D eigenvalue weighted by Gasteiger charge is -2.11. The van der Waals surface area contributed by atoms with E-state index < -0.39 is 0 Å². The summed E-state index contributed by atoms with van der Waals surface area (Å²) in [5.74, 6) is 7.02. The third-order valence-corrected chi connectivity index (χ3v) is 7.40. The summed E-state index contributed by atoms with van der Waals surface area (Å²) in [6, 6.07) is 39.0. The first kappa shape index (κ1) is 25.1. The lowest BCUT2D eigenvalue weighted by Crippen LogP contribution is -1.87. The van der Waals surface area contributed by atoms with Gasteiger partial charge < -0.3 is 10.2 Å². The molecule has 7 rings (SSSR count). The van der Waals surface area contributed by atoms with E-state index in [1.54, 1.807) is 48.8 Å². The summed E-state index contributed by atoms with van der Waals surface area (Å²) in [5, 5.41) is 27.7. The van der Waals surface area contributed by atoms with Crippen LogP contribution in [-0.2, 0) is 0 Å². The number of phenolic OH excluding ortho intramolecular Hbond substituents is 2. The third-order valence-electron chi connectivity index (χ3n) is 7.40. The summed E-state index contributed by atoms with van der Waals surface area (Å²) in [4.78, 5) is 9.27. The van der Waals surface area contributed by atoms with Crippen molar-refractivity contribution in [1.29, 1.82) is 0 Å². The maximum atomic E-state index is 10.2. The van der Waals surface area contributed by atoms with Crippen LogP contribution in [0.4, 0.5) is 11.4 Å². The Bertz CT molecular complexity index is 2220. The monoisotopic (exact) mass is 540 g/mol. The van der Waals surface area contributed by atoms with Crippen LogP contribution in [-0.4, -0.2) is 22.6 Å². The van der Waals surface area contributed by atoms with Crippen molar-refractivity contribution in [2.45, 2.75) is 0 Å². The van der Waals surface area contributed by atoms with Crippen LogP contribution in [0.5, 0.6) is 11.5 Å². The van der Waals surface area contributed by atoms with Crippen molar-refractivity contribution in [1.82, 2.24) is 0 Å². The second-order valence-corrected chi connectivity index (χ2v) is 10.1. The van der Waals surface area contributed by atoms with Crippen LogP contribution in [0.1, 0.15) is 22.3 Å².